The van der Waals surface area contributed by atoms with Gasteiger partial charge in [0.1, 0.15) is 0 Å². The topological polar surface area (TPSA) is 36.4 Å². The van der Waals surface area contributed by atoms with Crippen LogP contribution in [0, 0.1) is 0 Å². The molecule has 2 N–H and O–H groups in total. The Labute approximate surface area is 84.2 Å². The van der Waals surface area contributed by atoms with Crippen molar-refractivity contribution in [1.82, 2.24) is 5.32 Å². The van der Waals surface area contributed by atoms with Gasteiger partial charge in [0.15, 0.2) is 0 Å². The molecule has 0 fully saturated rings. The predicted molar refractivity (Wildman–Crippen MR) is 59.9 cm³/mol. The lowest BCUT2D eigenvalue weighted by Crippen LogP contribution is -2.21. The van der Waals surface area contributed by atoms with Gasteiger partial charge in [0.05, 0.1) is 12.4 Å². The van der Waals surface area contributed by atoms with E-state index in [2.05, 4.69) is 27.8 Å². The van der Waals surface area contributed by atoms with E-state index in [9.17, 15) is 0 Å². The molecule has 3 heteroatoms. The van der Waals surface area contributed by atoms with Gasteiger partial charge in [0, 0.05) is 25.2 Å². The van der Waals surface area contributed by atoms with Gasteiger partial charge in [-0.3, -0.25) is 4.99 Å². The fourth-order valence-electron chi connectivity index (χ4n) is 1.50. The first-order valence-corrected chi connectivity index (χ1v) is 5.01. The predicted octanol–water partition coefficient (Wildman–Crippen LogP) is 1.49. The van der Waals surface area contributed by atoms with E-state index in [-0.39, 0.29) is 0 Å². The van der Waals surface area contributed by atoms with E-state index in [1.807, 2.05) is 18.2 Å². The standard InChI is InChI=1S/C11H15N3/c1-2-4-10(5-3-1)12-7-6-11-13-8-9-14-11/h1-5,12H,6-9H2,(H,13,14). The lowest BCUT2D eigenvalue weighted by molar-refractivity contribution is 0.944. The maximum atomic E-state index is 4.33. The highest BCUT2D eigenvalue weighted by atomic mass is 15.1. The van der Waals surface area contributed by atoms with E-state index < -0.39 is 0 Å². The molecule has 0 aliphatic carbocycles. The average molecular weight is 189 g/mol. The Hall–Kier alpha value is -1.51. The van der Waals surface area contributed by atoms with Crippen molar-refractivity contribution >= 4 is 11.5 Å². The van der Waals surface area contributed by atoms with Gasteiger partial charge in [-0.15, -0.1) is 0 Å². The normalized spacial score (nSPS) is 14.7. The summed E-state index contributed by atoms with van der Waals surface area (Å²) in [6, 6.07) is 10.2. The molecule has 1 aliphatic rings. The fourth-order valence-corrected chi connectivity index (χ4v) is 1.50. The van der Waals surface area contributed by atoms with Crippen LogP contribution >= 0.6 is 0 Å². The Bertz CT molecular complexity index is 306. The molecule has 74 valence electrons. The lowest BCUT2D eigenvalue weighted by atomic mass is 10.3. The van der Waals surface area contributed by atoms with Crippen LogP contribution < -0.4 is 10.6 Å². The highest BCUT2D eigenvalue weighted by Crippen LogP contribution is 2.04. The van der Waals surface area contributed by atoms with Crippen LogP contribution in [0.5, 0.6) is 0 Å². The zero-order valence-electron chi connectivity index (χ0n) is 8.16. The molecule has 0 unspecified atom stereocenters. The maximum Gasteiger partial charge on any atom is 0.0982 e. The minimum Gasteiger partial charge on any atom is -0.385 e. The zero-order chi connectivity index (χ0) is 9.64. The quantitative estimate of drug-likeness (QED) is 0.753. The number of amidine groups is 1. The largest absolute Gasteiger partial charge is 0.385 e. The first-order chi connectivity index (χ1) is 6.95. The van der Waals surface area contributed by atoms with Crippen LogP contribution in [0.2, 0.25) is 0 Å². The molecule has 0 aromatic heterocycles. The molecular weight excluding hydrogens is 174 g/mol. The molecule has 0 bridgehead atoms. The van der Waals surface area contributed by atoms with Gasteiger partial charge >= 0.3 is 0 Å². The second-order valence-corrected chi connectivity index (χ2v) is 3.30. The summed E-state index contributed by atoms with van der Waals surface area (Å²) < 4.78 is 0. The molecule has 1 aromatic carbocycles. The van der Waals surface area contributed by atoms with Gasteiger partial charge in [0.2, 0.25) is 0 Å². The third-order valence-corrected chi connectivity index (χ3v) is 2.21. The highest BCUT2D eigenvalue weighted by molar-refractivity contribution is 5.83. The minimum atomic E-state index is 0.931. The van der Waals surface area contributed by atoms with Crippen LogP contribution in [0.3, 0.4) is 0 Å². The number of rotatable bonds is 4. The summed E-state index contributed by atoms with van der Waals surface area (Å²) in [4.78, 5) is 4.33. The van der Waals surface area contributed by atoms with Crippen molar-refractivity contribution in [2.24, 2.45) is 4.99 Å². The van der Waals surface area contributed by atoms with Crippen molar-refractivity contribution in [1.29, 1.82) is 0 Å². The summed E-state index contributed by atoms with van der Waals surface area (Å²) in [5, 5.41) is 6.60. The van der Waals surface area contributed by atoms with Gasteiger partial charge in [-0.1, -0.05) is 18.2 Å². The van der Waals surface area contributed by atoms with Crippen LogP contribution in [0.25, 0.3) is 0 Å². The Morgan fingerprint density at radius 2 is 2.14 bits per heavy atom. The molecule has 0 atom stereocenters. The molecule has 1 aliphatic heterocycles. The molecule has 14 heavy (non-hydrogen) atoms. The lowest BCUT2D eigenvalue weighted by Gasteiger charge is -2.05. The summed E-state index contributed by atoms with van der Waals surface area (Å²) in [6.07, 6.45) is 0.981. The van der Waals surface area contributed by atoms with Gasteiger partial charge in [-0.05, 0) is 12.1 Å². The highest BCUT2D eigenvalue weighted by Gasteiger charge is 2.03. The first kappa shape index (κ1) is 9.06. The number of hydrogen-bond donors (Lipinski definition) is 2. The van der Waals surface area contributed by atoms with Crippen LogP contribution in [0.1, 0.15) is 6.42 Å². The van der Waals surface area contributed by atoms with E-state index in [0.29, 0.717) is 0 Å². The van der Waals surface area contributed by atoms with Gasteiger partial charge in [-0.2, -0.15) is 0 Å². The molecule has 1 aromatic rings. The fraction of sp³-hybridized carbons (Fsp3) is 0.364. The van der Waals surface area contributed by atoms with Crippen molar-refractivity contribution in [3.05, 3.63) is 30.3 Å². The zero-order valence-corrected chi connectivity index (χ0v) is 8.16. The molecular formula is C11H15N3. The molecule has 0 saturated heterocycles. The number of aliphatic imine (C=N–C) groups is 1. The second kappa shape index (κ2) is 4.65. The summed E-state index contributed by atoms with van der Waals surface area (Å²) in [5.74, 6) is 1.13. The third kappa shape index (κ3) is 2.49. The number of para-hydroxylation sites is 1. The smallest absolute Gasteiger partial charge is 0.0982 e. The van der Waals surface area contributed by atoms with Crippen LogP contribution in [-0.2, 0) is 0 Å². The van der Waals surface area contributed by atoms with Crippen LogP contribution in [0.15, 0.2) is 35.3 Å². The Balaban J connectivity index is 1.73. The van der Waals surface area contributed by atoms with E-state index in [0.717, 1.165) is 31.9 Å². The van der Waals surface area contributed by atoms with Gasteiger partial charge in [0.25, 0.3) is 0 Å². The van der Waals surface area contributed by atoms with Crippen molar-refractivity contribution in [3.8, 4) is 0 Å². The molecule has 0 radical (unpaired) electrons. The Morgan fingerprint density at radius 1 is 1.29 bits per heavy atom. The van der Waals surface area contributed by atoms with Crippen molar-refractivity contribution in [2.75, 3.05) is 25.0 Å². The Morgan fingerprint density at radius 3 is 2.86 bits per heavy atom. The van der Waals surface area contributed by atoms with Crippen LogP contribution in [-0.4, -0.2) is 25.5 Å². The third-order valence-electron chi connectivity index (χ3n) is 2.21. The number of anilines is 1. The SMILES string of the molecule is c1ccc(NCCC2=NCCN2)cc1. The second-order valence-electron chi connectivity index (χ2n) is 3.30. The monoisotopic (exact) mass is 189 g/mol. The number of nitrogens with one attached hydrogen (secondary N) is 2. The minimum absolute atomic E-state index is 0.931. The van der Waals surface area contributed by atoms with Crippen molar-refractivity contribution in [3.63, 3.8) is 0 Å². The van der Waals surface area contributed by atoms with E-state index in [1.165, 1.54) is 5.69 Å². The average Bonchev–Trinajstić information content (AvgIpc) is 2.72. The molecule has 3 nitrogen and oxygen atoms in total. The molecule has 0 amide bonds. The van der Waals surface area contributed by atoms with Crippen molar-refractivity contribution in [2.45, 2.75) is 6.42 Å². The number of nitrogens with zero attached hydrogens (tertiary/aromatic N) is 1. The number of hydrogen-bond acceptors (Lipinski definition) is 3. The van der Waals surface area contributed by atoms with Crippen molar-refractivity contribution < 1.29 is 0 Å². The number of benzene rings is 1. The summed E-state index contributed by atoms with van der Waals surface area (Å²) in [6.45, 7) is 2.87. The van der Waals surface area contributed by atoms with Gasteiger partial charge < -0.3 is 10.6 Å². The molecule has 0 saturated carbocycles. The summed E-state index contributed by atoms with van der Waals surface area (Å²) in [5.41, 5.74) is 1.17. The summed E-state index contributed by atoms with van der Waals surface area (Å²) >= 11 is 0. The molecule has 0 spiro atoms. The van der Waals surface area contributed by atoms with E-state index in [4.69, 9.17) is 0 Å². The molecule has 1 heterocycles. The maximum absolute atomic E-state index is 4.33. The first-order valence-electron chi connectivity index (χ1n) is 5.01. The van der Waals surface area contributed by atoms with Gasteiger partial charge in [-0.25, -0.2) is 0 Å². The molecule has 2 rings (SSSR count). The van der Waals surface area contributed by atoms with E-state index >= 15 is 0 Å². The van der Waals surface area contributed by atoms with Crippen LogP contribution in [0.4, 0.5) is 5.69 Å². The van der Waals surface area contributed by atoms with E-state index in [1.54, 1.807) is 0 Å². The summed E-state index contributed by atoms with van der Waals surface area (Å²) in [7, 11) is 0. The Kier molecular flexibility index (Phi) is 3.01.